The van der Waals surface area contributed by atoms with E-state index in [9.17, 15) is 4.79 Å². The number of ether oxygens (including phenoxy) is 1. The summed E-state index contributed by atoms with van der Waals surface area (Å²) in [5, 5.41) is 8.23. The van der Waals surface area contributed by atoms with Gasteiger partial charge in [0.1, 0.15) is 0 Å². The minimum Gasteiger partial charge on any atom is -0.450 e. The quantitative estimate of drug-likeness (QED) is 0.608. The SMILES string of the molecule is Cc1ccccc1C=CCCOC(=O)O. The number of hydrogen-bond donors (Lipinski definition) is 1. The molecule has 0 aliphatic carbocycles. The summed E-state index contributed by atoms with van der Waals surface area (Å²) >= 11 is 0. The van der Waals surface area contributed by atoms with Crippen LogP contribution in [0.2, 0.25) is 0 Å². The minimum atomic E-state index is -1.22. The molecular weight excluding hydrogens is 192 g/mol. The zero-order valence-corrected chi connectivity index (χ0v) is 8.64. The van der Waals surface area contributed by atoms with E-state index in [2.05, 4.69) is 4.74 Å². The van der Waals surface area contributed by atoms with Gasteiger partial charge >= 0.3 is 6.16 Å². The maximum Gasteiger partial charge on any atom is 0.505 e. The second kappa shape index (κ2) is 5.86. The van der Waals surface area contributed by atoms with Crippen molar-refractivity contribution < 1.29 is 14.6 Å². The van der Waals surface area contributed by atoms with Crippen LogP contribution in [0.5, 0.6) is 0 Å². The van der Waals surface area contributed by atoms with Crippen molar-refractivity contribution >= 4 is 12.2 Å². The van der Waals surface area contributed by atoms with E-state index in [1.54, 1.807) is 0 Å². The largest absolute Gasteiger partial charge is 0.505 e. The van der Waals surface area contributed by atoms with E-state index in [0.717, 1.165) is 5.56 Å². The molecule has 0 aromatic heterocycles. The number of benzene rings is 1. The molecule has 1 aromatic carbocycles. The number of carbonyl (C=O) groups is 1. The molecule has 0 saturated carbocycles. The number of rotatable bonds is 4. The molecule has 15 heavy (non-hydrogen) atoms. The van der Waals surface area contributed by atoms with E-state index in [4.69, 9.17) is 5.11 Å². The zero-order chi connectivity index (χ0) is 11.1. The molecule has 0 aliphatic rings. The molecule has 0 radical (unpaired) electrons. The standard InChI is InChI=1S/C12H14O3/c1-10-6-2-3-7-11(10)8-4-5-9-15-12(13)14/h2-4,6-8H,5,9H2,1H3,(H,13,14). The summed E-state index contributed by atoms with van der Waals surface area (Å²) in [6.45, 7) is 2.24. The summed E-state index contributed by atoms with van der Waals surface area (Å²) in [7, 11) is 0. The molecule has 1 rings (SSSR count). The van der Waals surface area contributed by atoms with Crippen LogP contribution in [0.25, 0.3) is 6.08 Å². The highest BCUT2D eigenvalue weighted by atomic mass is 16.7. The van der Waals surface area contributed by atoms with Crippen LogP contribution >= 0.6 is 0 Å². The fraction of sp³-hybridized carbons (Fsp3) is 0.250. The zero-order valence-electron chi connectivity index (χ0n) is 8.64. The van der Waals surface area contributed by atoms with Crippen LogP contribution < -0.4 is 0 Å². The van der Waals surface area contributed by atoms with Crippen molar-refractivity contribution in [1.29, 1.82) is 0 Å². The number of aryl methyl sites for hydroxylation is 1. The molecule has 80 valence electrons. The number of carboxylic acid groups (broad SMARTS) is 1. The molecular formula is C12H14O3. The first-order chi connectivity index (χ1) is 7.20. The van der Waals surface area contributed by atoms with Gasteiger partial charge in [-0.15, -0.1) is 0 Å². The van der Waals surface area contributed by atoms with Crippen LogP contribution in [0.1, 0.15) is 17.5 Å². The van der Waals surface area contributed by atoms with Gasteiger partial charge in [0.2, 0.25) is 0 Å². The Morgan fingerprint density at radius 1 is 1.47 bits per heavy atom. The monoisotopic (exact) mass is 206 g/mol. The summed E-state index contributed by atoms with van der Waals surface area (Å²) in [6.07, 6.45) is 3.26. The van der Waals surface area contributed by atoms with Gasteiger partial charge in [0.05, 0.1) is 6.61 Å². The van der Waals surface area contributed by atoms with Gasteiger partial charge in [0.15, 0.2) is 0 Å². The maximum atomic E-state index is 10.0. The Labute approximate surface area is 89.0 Å². The summed E-state index contributed by atoms with van der Waals surface area (Å²) in [4.78, 5) is 10.0. The van der Waals surface area contributed by atoms with Gasteiger partial charge in [-0.1, -0.05) is 36.4 Å². The third-order valence-electron chi connectivity index (χ3n) is 2.00. The van der Waals surface area contributed by atoms with Crippen molar-refractivity contribution in [3.8, 4) is 0 Å². The third-order valence-corrected chi connectivity index (χ3v) is 2.00. The second-order valence-corrected chi connectivity index (χ2v) is 3.16. The molecule has 3 nitrogen and oxygen atoms in total. The van der Waals surface area contributed by atoms with Gasteiger partial charge in [-0.05, 0) is 18.1 Å². The molecule has 0 aliphatic heterocycles. The smallest absolute Gasteiger partial charge is 0.450 e. The summed E-state index contributed by atoms with van der Waals surface area (Å²) < 4.78 is 4.38. The van der Waals surface area contributed by atoms with Crippen LogP contribution in [0.15, 0.2) is 30.3 Å². The lowest BCUT2D eigenvalue weighted by molar-refractivity contribution is 0.0933. The first kappa shape index (κ1) is 11.3. The maximum absolute atomic E-state index is 10.0. The fourth-order valence-electron chi connectivity index (χ4n) is 1.20. The Kier molecular flexibility index (Phi) is 4.41. The predicted octanol–water partition coefficient (Wildman–Crippen LogP) is 3.09. The van der Waals surface area contributed by atoms with Gasteiger partial charge in [0.25, 0.3) is 0 Å². The van der Waals surface area contributed by atoms with E-state index in [1.165, 1.54) is 5.56 Å². The van der Waals surface area contributed by atoms with E-state index in [-0.39, 0.29) is 6.61 Å². The third kappa shape index (κ3) is 4.31. The van der Waals surface area contributed by atoms with Crippen molar-refractivity contribution in [1.82, 2.24) is 0 Å². The van der Waals surface area contributed by atoms with Crippen molar-refractivity contribution in [3.63, 3.8) is 0 Å². The molecule has 0 bridgehead atoms. The lowest BCUT2D eigenvalue weighted by Crippen LogP contribution is -2.00. The fourth-order valence-corrected chi connectivity index (χ4v) is 1.20. The Balaban J connectivity index is 2.38. The van der Waals surface area contributed by atoms with Crippen LogP contribution in [0.3, 0.4) is 0 Å². The first-order valence-electron chi connectivity index (χ1n) is 4.78. The summed E-state index contributed by atoms with van der Waals surface area (Å²) in [6, 6.07) is 8.01. The molecule has 0 spiro atoms. The number of hydrogen-bond acceptors (Lipinski definition) is 2. The Morgan fingerprint density at radius 2 is 2.20 bits per heavy atom. The lowest BCUT2D eigenvalue weighted by Gasteiger charge is -1.98. The Hall–Kier alpha value is -1.77. The van der Waals surface area contributed by atoms with Crippen LogP contribution in [0, 0.1) is 6.92 Å². The van der Waals surface area contributed by atoms with Crippen LogP contribution in [-0.4, -0.2) is 17.9 Å². The van der Waals surface area contributed by atoms with Crippen molar-refractivity contribution in [2.45, 2.75) is 13.3 Å². The lowest BCUT2D eigenvalue weighted by atomic mass is 10.1. The highest BCUT2D eigenvalue weighted by Gasteiger charge is 1.93. The predicted molar refractivity (Wildman–Crippen MR) is 58.8 cm³/mol. The molecule has 0 heterocycles. The molecule has 0 saturated heterocycles. The molecule has 0 fully saturated rings. The van der Waals surface area contributed by atoms with Crippen molar-refractivity contribution in [2.24, 2.45) is 0 Å². The Morgan fingerprint density at radius 3 is 2.87 bits per heavy atom. The average molecular weight is 206 g/mol. The van der Waals surface area contributed by atoms with E-state index in [0.29, 0.717) is 6.42 Å². The minimum absolute atomic E-state index is 0.206. The topological polar surface area (TPSA) is 46.5 Å². The van der Waals surface area contributed by atoms with Gasteiger partial charge < -0.3 is 9.84 Å². The molecule has 0 unspecified atom stereocenters. The normalized spacial score (nSPS) is 10.5. The van der Waals surface area contributed by atoms with Gasteiger partial charge in [-0.25, -0.2) is 4.79 Å². The van der Waals surface area contributed by atoms with Crippen molar-refractivity contribution in [2.75, 3.05) is 6.61 Å². The van der Waals surface area contributed by atoms with Crippen LogP contribution in [-0.2, 0) is 4.74 Å². The molecule has 0 atom stereocenters. The van der Waals surface area contributed by atoms with E-state index in [1.807, 2.05) is 43.3 Å². The molecule has 1 N–H and O–H groups in total. The first-order valence-corrected chi connectivity index (χ1v) is 4.78. The molecule has 1 aromatic rings. The average Bonchev–Trinajstić information content (AvgIpc) is 2.20. The summed E-state index contributed by atoms with van der Waals surface area (Å²) in [5.41, 5.74) is 2.35. The van der Waals surface area contributed by atoms with E-state index < -0.39 is 6.16 Å². The molecule has 3 heteroatoms. The second-order valence-electron chi connectivity index (χ2n) is 3.16. The molecule has 0 amide bonds. The van der Waals surface area contributed by atoms with Crippen molar-refractivity contribution in [3.05, 3.63) is 41.5 Å². The highest BCUT2D eigenvalue weighted by molar-refractivity contribution is 5.57. The highest BCUT2D eigenvalue weighted by Crippen LogP contribution is 2.09. The van der Waals surface area contributed by atoms with Gasteiger partial charge in [0, 0.05) is 6.42 Å². The van der Waals surface area contributed by atoms with E-state index >= 15 is 0 Å². The van der Waals surface area contributed by atoms with Gasteiger partial charge in [-0.2, -0.15) is 0 Å². The van der Waals surface area contributed by atoms with Gasteiger partial charge in [-0.3, -0.25) is 0 Å². The van der Waals surface area contributed by atoms with Crippen LogP contribution in [0.4, 0.5) is 4.79 Å². The summed E-state index contributed by atoms with van der Waals surface area (Å²) in [5.74, 6) is 0. The Bertz CT molecular complexity index is 356.